The van der Waals surface area contributed by atoms with Crippen LogP contribution in [0.15, 0.2) is 0 Å². The molecule has 0 aliphatic carbocycles. The molecule has 1 aliphatic heterocycles. The number of rotatable bonds is 3. The Morgan fingerprint density at radius 1 is 1.24 bits per heavy atom. The Labute approximate surface area is 126 Å². The van der Waals surface area contributed by atoms with E-state index in [1.807, 2.05) is 48.5 Å². The Hall–Kier alpha value is -1.59. The fraction of sp³-hybridized carbons (Fsp3) is 0.800. The molecule has 0 aromatic heterocycles. The summed E-state index contributed by atoms with van der Waals surface area (Å²) >= 11 is 0. The molecule has 1 rings (SSSR count). The Kier molecular flexibility index (Phi) is 5.02. The third-order valence-electron chi connectivity index (χ3n) is 4.04. The van der Waals surface area contributed by atoms with E-state index in [4.69, 9.17) is 4.84 Å². The quantitative estimate of drug-likeness (QED) is 0.744. The number of amides is 2. The summed E-state index contributed by atoms with van der Waals surface area (Å²) in [6.45, 7) is 13.0. The van der Waals surface area contributed by atoms with Crippen molar-refractivity contribution in [1.29, 1.82) is 0 Å². The highest BCUT2D eigenvalue weighted by Gasteiger charge is 2.46. The lowest BCUT2D eigenvalue weighted by atomic mass is 9.86. The fourth-order valence-corrected chi connectivity index (χ4v) is 2.58. The van der Waals surface area contributed by atoms with Gasteiger partial charge in [0.25, 0.3) is 5.91 Å². The van der Waals surface area contributed by atoms with Crippen LogP contribution < -0.4 is 0 Å². The van der Waals surface area contributed by atoms with Crippen molar-refractivity contribution in [2.45, 2.75) is 73.0 Å². The molecule has 0 aromatic carbocycles. The van der Waals surface area contributed by atoms with Crippen molar-refractivity contribution in [3.8, 4) is 0 Å². The molecule has 1 fully saturated rings. The number of hydroxylamine groups is 2. The summed E-state index contributed by atoms with van der Waals surface area (Å²) in [5, 5.41) is 1.04. The molecule has 6 nitrogen and oxygen atoms in total. The van der Waals surface area contributed by atoms with Gasteiger partial charge in [-0.05, 0) is 40.0 Å². The smallest absolute Gasteiger partial charge is 0.328 e. The van der Waals surface area contributed by atoms with E-state index in [9.17, 15) is 14.4 Å². The molecular weight excluding hydrogens is 272 g/mol. The van der Waals surface area contributed by atoms with E-state index in [-0.39, 0.29) is 29.4 Å². The van der Waals surface area contributed by atoms with E-state index in [1.54, 1.807) is 0 Å². The van der Waals surface area contributed by atoms with E-state index in [0.717, 1.165) is 5.06 Å². The Balaban J connectivity index is 2.82. The minimum atomic E-state index is -1.00. The minimum Gasteiger partial charge on any atom is -0.328 e. The Morgan fingerprint density at radius 3 is 2.05 bits per heavy atom. The number of hydrogen-bond donors (Lipinski definition) is 0. The van der Waals surface area contributed by atoms with Gasteiger partial charge in [0, 0.05) is 18.5 Å². The zero-order valence-electron chi connectivity index (χ0n) is 14.0. The third-order valence-corrected chi connectivity index (χ3v) is 4.04. The summed E-state index contributed by atoms with van der Waals surface area (Å²) in [6.07, 6.45) is 0.299. The van der Waals surface area contributed by atoms with Gasteiger partial charge in [0.1, 0.15) is 0 Å². The first-order valence-electron chi connectivity index (χ1n) is 7.35. The molecule has 1 unspecified atom stereocenters. The lowest BCUT2D eigenvalue weighted by molar-refractivity contribution is -0.205. The van der Waals surface area contributed by atoms with E-state index in [1.165, 1.54) is 4.90 Å². The highest BCUT2D eigenvalue weighted by Crippen LogP contribution is 2.36. The average molecular weight is 298 g/mol. The first kappa shape index (κ1) is 17.5. The lowest BCUT2D eigenvalue weighted by Crippen LogP contribution is -2.48. The van der Waals surface area contributed by atoms with Gasteiger partial charge in [-0.2, -0.15) is 5.06 Å². The summed E-state index contributed by atoms with van der Waals surface area (Å²) in [4.78, 5) is 42.7. The second-order valence-electron chi connectivity index (χ2n) is 6.84. The monoisotopic (exact) mass is 298 g/mol. The SMILES string of the molecule is CC(C)N(C(=O)C(=O)ON1C(=O)CC(C)(C)C1C)C(C)C. The number of hydrogen-bond acceptors (Lipinski definition) is 4. The number of carbonyl (C=O) groups excluding carboxylic acids is 3. The Bertz CT molecular complexity index is 435. The maximum Gasteiger partial charge on any atom is 0.421 e. The van der Waals surface area contributed by atoms with Crippen molar-refractivity contribution in [1.82, 2.24) is 9.96 Å². The largest absolute Gasteiger partial charge is 0.421 e. The molecule has 1 saturated heterocycles. The predicted octanol–water partition coefficient (Wildman–Crippen LogP) is 1.74. The highest BCUT2D eigenvalue weighted by atomic mass is 16.7. The first-order chi connectivity index (χ1) is 9.49. The highest BCUT2D eigenvalue weighted by molar-refractivity contribution is 6.32. The van der Waals surface area contributed by atoms with E-state index in [2.05, 4.69) is 0 Å². The van der Waals surface area contributed by atoms with Gasteiger partial charge in [-0.3, -0.25) is 9.59 Å². The second kappa shape index (κ2) is 6.03. The molecule has 0 spiro atoms. The van der Waals surface area contributed by atoms with Crippen LogP contribution in [0, 0.1) is 5.41 Å². The molecule has 0 radical (unpaired) electrons. The van der Waals surface area contributed by atoms with Gasteiger partial charge < -0.3 is 9.74 Å². The molecular formula is C15H26N2O4. The van der Waals surface area contributed by atoms with Crippen LogP contribution in [0.4, 0.5) is 0 Å². The van der Waals surface area contributed by atoms with Gasteiger partial charge in [0.2, 0.25) is 0 Å². The van der Waals surface area contributed by atoms with Crippen molar-refractivity contribution in [3.05, 3.63) is 0 Å². The fourth-order valence-electron chi connectivity index (χ4n) is 2.58. The van der Waals surface area contributed by atoms with Crippen LogP contribution in [0.1, 0.15) is 54.9 Å². The molecule has 6 heteroatoms. The van der Waals surface area contributed by atoms with Crippen LogP contribution in [0.5, 0.6) is 0 Å². The van der Waals surface area contributed by atoms with Crippen molar-refractivity contribution in [2.75, 3.05) is 0 Å². The summed E-state index contributed by atoms with van der Waals surface area (Å²) in [5.41, 5.74) is -0.282. The average Bonchev–Trinajstić information content (AvgIpc) is 2.50. The maximum atomic E-state index is 12.2. The van der Waals surface area contributed by atoms with Gasteiger partial charge in [-0.1, -0.05) is 13.8 Å². The van der Waals surface area contributed by atoms with Crippen LogP contribution in [-0.4, -0.2) is 45.9 Å². The maximum absolute atomic E-state index is 12.2. The van der Waals surface area contributed by atoms with E-state index < -0.39 is 11.9 Å². The molecule has 120 valence electrons. The van der Waals surface area contributed by atoms with Crippen LogP contribution in [0.25, 0.3) is 0 Å². The van der Waals surface area contributed by atoms with Gasteiger partial charge >= 0.3 is 11.9 Å². The Morgan fingerprint density at radius 2 is 1.71 bits per heavy atom. The minimum absolute atomic E-state index is 0.117. The third kappa shape index (κ3) is 3.54. The summed E-state index contributed by atoms with van der Waals surface area (Å²) < 4.78 is 0. The molecule has 0 aromatic rings. The van der Waals surface area contributed by atoms with Crippen molar-refractivity contribution in [3.63, 3.8) is 0 Å². The van der Waals surface area contributed by atoms with Gasteiger partial charge in [0.15, 0.2) is 0 Å². The summed E-state index contributed by atoms with van der Waals surface area (Å²) in [5.74, 6) is -1.99. The van der Waals surface area contributed by atoms with Gasteiger partial charge in [-0.15, -0.1) is 0 Å². The predicted molar refractivity (Wildman–Crippen MR) is 77.9 cm³/mol. The van der Waals surface area contributed by atoms with Crippen molar-refractivity contribution in [2.24, 2.45) is 5.41 Å². The molecule has 0 bridgehead atoms. The molecule has 1 heterocycles. The van der Waals surface area contributed by atoms with Crippen molar-refractivity contribution >= 4 is 17.8 Å². The molecule has 2 amide bonds. The zero-order valence-corrected chi connectivity index (χ0v) is 14.0. The van der Waals surface area contributed by atoms with Gasteiger partial charge in [-0.25, -0.2) is 4.79 Å². The van der Waals surface area contributed by atoms with Crippen LogP contribution in [0.2, 0.25) is 0 Å². The molecule has 0 N–H and O–H groups in total. The van der Waals surface area contributed by atoms with Crippen LogP contribution in [-0.2, 0) is 19.2 Å². The molecule has 21 heavy (non-hydrogen) atoms. The molecule has 1 atom stereocenters. The standard InChI is InChI=1S/C15H26N2O4/c1-9(2)16(10(3)4)13(19)14(20)21-17-11(5)15(6,7)8-12(17)18/h9-11H,8H2,1-7H3. The summed E-state index contributed by atoms with van der Waals surface area (Å²) in [7, 11) is 0. The van der Waals surface area contributed by atoms with Gasteiger partial charge in [0.05, 0.1) is 6.04 Å². The lowest BCUT2D eigenvalue weighted by Gasteiger charge is -2.31. The zero-order chi connectivity index (χ0) is 16.5. The second-order valence-corrected chi connectivity index (χ2v) is 6.84. The number of nitrogens with zero attached hydrogens (tertiary/aromatic N) is 2. The van der Waals surface area contributed by atoms with E-state index in [0.29, 0.717) is 6.42 Å². The number of carbonyl (C=O) groups is 3. The first-order valence-corrected chi connectivity index (χ1v) is 7.35. The topological polar surface area (TPSA) is 66.9 Å². The van der Waals surface area contributed by atoms with Crippen LogP contribution in [0.3, 0.4) is 0 Å². The molecule has 0 saturated carbocycles. The molecule has 1 aliphatic rings. The van der Waals surface area contributed by atoms with Crippen LogP contribution >= 0.6 is 0 Å². The normalized spacial score (nSPS) is 21.1. The van der Waals surface area contributed by atoms with E-state index >= 15 is 0 Å². The summed E-state index contributed by atoms with van der Waals surface area (Å²) in [6, 6.07) is -0.491. The van der Waals surface area contributed by atoms with Crippen molar-refractivity contribution < 1.29 is 19.2 Å².